The van der Waals surface area contributed by atoms with Gasteiger partial charge in [-0.1, -0.05) is 35.5 Å². The lowest BCUT2D eigenvalue weighted by molar-refractivity contribution is -0.605. The van der Waals surface area contributed by atoms with Gasteiger partial charge >= 0.3 is 0 Å². The Morgan fingerprint density at radius 2 is 1.81 bits per heavy atom. The fourth-order valence-electron chi connectivity index (χ4n) is 1.33. The van der Waals surface area contributed by atoms with Crippen molar-refractivity contribution in [3.63, 3.8) is 0 Å². The van der Waals surface area contributed by atoms with Crippen molar-refractivity contribution in [1.82, 2.24) is 0 Å². The molecule has 1 rings (SSSR count). The van der Waals surface area contributed by atoms with Gasteiger partial charge in [-0.05, 0) is 4.86 Å². The molecule has 0 amide bonds. The molecule has 16 heavy (non-hydrogen) atoms. The number of rotatable bonds is 3. The number of nitrogens with zero attached hydrogens (tertiary/aromatic N) is 3. The van der Waals surface area contributed by atoms with Crippen LogP contribution >= 0.6 is 0 Å². The van der Waals surface area contributed by atoms with E-state index in [4.69, 9.17) is 10.4 Å². The molecule has 0 fully saturated rings. The quantitative estimate of drug-likeness (QED) is 0.270. The highest BCUT2D eigenvalue weighted by atomic mass is 16.6. The molecule has 0 unspecified atom stereocenters. The van der Waals surface area contributed by atoms with E-state index in [0.29, 0.717) is 5.56 Å². The molecule has 0 bridgehead atoms. The first-order valence-corrected chi connectivity index (χ1v) is 4.64. The van der Waals surface area contributed by atoms with Crippen LogP contribution in [0.15, 0.2) is 40.8 Å². The number of hydrogen-bond acceptors (Lipinski definition) is 4. The van der Waals surface area contributed by atoms with Gasteiger partial charge in [-0.2, -0.15) is 0 Å². The topological polar surface area (TPSA) is 91.2 Å². The van der Waals surface area contributed by atoms with Crippen LogP contribution in [0, 0.1) is 5.21 Å². The molecule has 0 saturated heterocycles. The third-order valence-electron chi connectivity index (χ3n) is 2.29. The van der Waals surface area contributed by atoms with Crippen LogP contribution in [-0.4, -0.2) is 26.5 Å². The Morgan fingerprint density at radius 1 is 1.25 bits per heavy atom. The van der Waals surface area contributed by atoms with Gasteiger partial charge in [-0.3, -0.25) is 0 Å². The maximum absolute atomic E-state index is 11.3. The van der Waals surface area contributed by atoms with Crippen molar-refractivity contribution in [1.29, 1.82) is 0 Å². The molecule has 0 spiro atoms. The van der Waals surface area contributed by atoms with E-state index in [1.54, 1.807) is 30.3 Å². The summed E-state index contributed by atoms with van der Waals surface area (Å²) in [7, 11) is 0. The van der Waals surface area contributed by atoms with E-state index in [9.17, 15) is 5.21 Å². The Morgan fingerprint density at radius 3 is 2.25 bits per heavy atom. The van der Waals surface area contributed by atoms with E-state index in [2.05, 4.69) is 10.4 Å². The predicted molar refractivity (Wildman–Crippen MR) is 56.7 cm³/mol. The Balaban J connectivity index is 3.20. The SMILES string of the molecule is CC(C)(/C(=N\O)c1ccccc1)[N+]([O-])=NO. The smallest absolute Gasteiger partial charge is 0.242 e. The number of hydroxylamine groups is 1. The van der Waals surface area contributed by atoms with Gasteiger partial charge in [0.15, 0.2) is 11.0 Å². The zero-order valence-corrected chi connectivity index (χ0v) is 9.03. The van der Waals surface area contributed by atoms with Crippen molar-refractivity contribution < 1.29 is 15.3 Å². The summed E-state index contributed by atoms with van der Waals surface area (Å²) < 4.78 is 0. The average Bonchev–Trinajstić information content (AvgIpc) is 2.30. The molecule has 6 heteroatoms. The van der Waals surface area contributed by atoms with Crippen LogP contribution in [0.25, 0.3) is 0 Å². The first-order chi connectivity index (χ1) is 7.54. The van der Waals surface area contributed by atoms with Crippen LogP contribution in [0.5, 0.6) is 0 Å². The highest BCUT2D eigenvalue weighted by molar-refractivity contribution is 6.05. The maximum Gasteiger partial charge on any atom is 0.242 e. The van der Waals surface area contributed by atoms with Crippen molar-refractivity contribution in [2.24, 2.45) is 10.4 Å². The molecule has 0 atom stereocenters. The highest BCUT2D eigenvalue weighted by Crippen LogP contribution is 2.17. The number of benzene rings is 1. The molecule has 86 valence electrons. The van der Waals surface area contributed by atoms with Crippen molar-refractivity contribution in [2.75, 3.05) is 0 Å². The Labute approximate surface area is 92.7 Å². The van der Waals surface area contributed by atoms with Gasteiger partial charge in [0.1, 0.15) is 0 Å². The van der Waals surface area contributed by atoms with E-state index in [1.165, 1.54) is 13.8 Å². The molecule has 0 saturated carbocycles. The molecular formula is C10H13N3O3. The third-order valence-corrected chi connectivity index (χ3v) is 2.29. The molecule has 0 aliphatic carbocycles. The van der Waals surface area contributed by atoms with Crippen LogP contribution in [0.2, 0.25) is 0 Å². The minimum atomic E-state index is -1.26. The summed E-state index contributed by atoms with van der Waals surface area (Å²) in [6.45, 7) is 2.98. The minimum absolute atomic E-state index is 0.0784. The monoisotopic (exact) mass is 223 g/mol. The Bertz CT molecular complexity index is 413. The molecule has 0 heterocycles. The first kappa shape index (κ1) is 12.0. The summed E-state index contributed by atoms with van der Waals surface area (Å²) >= 11 is 0. The summed E-state index contributed by atoms with van der Waals surface area (Å²) in [6, 6.07) is 8.70. The molecule has 0 aliphatic heterocycles. The van der Waals surface area contributed by atoms with Crippen molar-refractivity contribution in [3.8, 4) is 0 Å². The minimum Gasteiger partial charge on any atom is -0.597 e. The Hall–Kier alpha value is -2.11. The molecular weight excluding hydrogens is 210 g/mol. The molecule has 2 N–H and O–H groups in total. The van der Waals surface area contributed by atoms with Crippen LogP contribution in [0.3, 0.4) is 0 Å². The van der Waals surface area contributed by atoms with Crippen LogP contribution < -0.4 is 0 Å². The second kappa shape index (κ2) is 4.61. The normalized spacial score (nSPS) is 13.9. The summed E-state index contributed by atoms with van der Waals surface area (Å²) in [6.07, 6.45) is 0. The van der Waals surface area contributed by atoms with Gasteiger partial charge in [-0.15, -0.1) is 0 Å². The van der Waals surface area contributed by atoms with Crippen LogP contribution in [-0.2, 0) is 0 Å². The predicted octanol–water partition coefficient (Wildman–Crippen LogP) is 2.00. The molecule has 1 aromatic carbocycles. The van der Waals surface area contributed by atoms with E-state index in [1.807, 2.05) is 0 Å². The zero-order chi connectivity index (χ0) is 12.2. The fraction of sp³-hybridized carbons (Fsp3) is 0.300. The molecule has 0 radical (unpaired) electrons. The highest BCUT2D eigenvalue weighted by Gasteiger charge is 2.37. The van der Waals surface area contributed by atoms with Gasteiger partial charge < -0.3 is 15.6 Å². The third kappa shape index (κ3) is 2.10. The van der Waals surface area contributed by atoms with Crippen LogP contribution in [0.1, 0.15) is 19.4 Å². The van der Waals surface area contributed by atoms with E-state index < -0.39 is 5.54 Å². The van der Waals surface area contributed by atoms with Gasteiger partial charge in [-0.25, -0.2) is 0 Å². The van der Waals surface area contributed by atoms with Crippen molar-refractivity contribution >= 4 is 5.71 Å². The second-order valence-electron chi connectivity index (χ2n) is 3.74. The maximum atomic E-state index is 11.3. The first-order valence-electron chi connectivity index (χ1n) is 4.64. The summed E-state index contributed by atoms with van der Waals surface area (Å²) in [5.74, 6) is 0. The van der Waals surface area contributed by atoms with Gasteiger partial charge in [0, 0.05) is 19.4 Å². The Kier molecular flexibility index (Phi) is 3.44. The standard InChI is InChI=1S/C10H13N3O3/c1-10(2,13(16)12-15)9(11-14)8-6-4-3-5-7-8/h3-7,14-15H,1-2H3/b11-9-,13-12?. The van der Waals surface area contributed by atoms with E-state index in [-0.39, 0.29) is 10.6 Å². The van der Waals surface area contributed by atoms with Gasteiger partial charge in [0.25, 0.3) is 0 Å². The lowest BCUT2D eigenvalue weighted by Gasteiger charge is -2.20. The summed E-state index contributed by atoms with van der Waals surface area (Å²) in [5, 5.41) is 34.4. The van der Waals surface area contributed by atoms with Gasteiger partial charge in [0.05, 0.1) is 0 Å². The van der Waals surface area contributed by atoms with Gasteiger partial charge in [0.2, 0.25) is 5.54 Å². The summed E-state index contributed by atoms with van der Waals surface area (Å²) in [5.41, 5.74) is -0.550. The fourth-order valence-corrected chi connectivity index (χ4v) is 1.33. The molecule has 1 aromatic rings. The lowest BCUT2D eigenvalue weighted by atomic mass is 9.93. The lowest BCUT2D eigenvalue weighted by Crippen LogP contribution is -2.41. The van der Waals surface area contributed by atoms with Crippen LogP contribution in [0.4, 0.5) is 0 Å². The molecule has 0 aliphatic rings. The average molecular weight is 223 g/mol. The summed E-state index contributed by atoms with van der Waals surface area (Å²) in [4.78, 5) is 0.0784. The molecule has 6 nitrogen and oxygen atoms in total. The van der Waals surface area contributed by atoms with Crippen molar-refractivity contribution in [2.45, 2.75) is 19.4 Å². The number of hydrogen-bond donors (Lipinski definition) is 2. The molecule has 0 aromatic heterocycles. The number of oxime groups is 1. The van der Waals surface area contributed by atoms with E-state index >= 15 is 0 Å². The van der Waals surface area contributed by atoms with Crippen molar-refractivity contribution in [3.05, 3.63) is 41.1 Å². The largest absolute Gasteiger partial charge is 0.597 e. The zero-order valence-electron chi connectivity index (χ0n) is 9.03. The van der Waals surface area contributed by atoms with E-state index in [0.717, 1.165) is 0 Å². The second-order valence-corrected chi connectivity index (χ2v) is 3.74.